The number of benzene rings is 3. The lowest BCUT2D eigenvalue weighted by Crippen LogP contribution is -2.51. The Morgan fingerprint density at radius 1 is 1.03 bits per heavy atom. The molecule has 0 bridgehead atoms. The Labute approximate surface area is 214 Å². The second kappa shape index (κ2) is 11.5. The predicted molar refractivity (Wildman–Crippen MR) is 139 cm³/mol. The topological polar surface area (TPSA) is 91.3 Å². The number of rotatable bonds is 7. The lowest BCUT2D eigenvalue weighted by molar-refractivity contribution is -0.123. The molecule has 0 aromatic heterocycles. The van der Waals surface area contributed by atoms with Crippen molar-refractivity contribution < 1.29 is 23.5 Å². The highest BCUT2D eigenvalue weighted by atomic mass is 19.1. The van der Waals surface area contributed by atoms with E-state index < -0.39 is 24.0 Å². The number of para-hydroxylation sites is 1. The van der Waals surface area contributed by atoms with Crippen LogP contribution in [0, 0.1) is 5.82 Å². The number of halogens is 1. The van der Waals surface area contributed by atoms with Crippen molar-refractivity contribution in [2.45, 2.75) is 26.6 Å². The van der Waals surface area contributed by atoms with Crippen molar-refractivity contribution in [1.29, 1.82) is 0 Å². The van der Waals surface area contributed by atoms with Crippen LogP contribution in [0.3, 0.4) is 0 Å². The first-order valence-electron chi connectivity index (χ1n) is 11.9. The van der Waals surface area contributed by atoms with E-state index in [1.807, 2.05) is 30.3 Å². The Hall–Kier alpha value is -4.53. The van der Waals surface area contributed by atoms with Gasteiger partial charge in [0.15, 0.2) is 0 Å². The van der Waals surface area contributed by atoms with Gasteiger partial charge in [0.05, 0.1) is 5.69 Å². The summed E-state index contributed by atoms with van der Waals surface area (Å²) in [6.07, 6.45) is -2.10. The van der Waals surface area contributed by atoms with Crippen LogP contribution < -0.4 is 15.1 Å². The molecule has 0 saturated carbocycles. The van der Waals surface area contributed by atoms with Crippen molar-refractivity contribution in [2.24, 2.45) is 4.99 Å². The van der Waals surface area contributed by atoms with Gasteiger partial charge in [-0.25, -0.2) is 9.18 Å². The summed E-state index contributed by atoms with van der Waals surface area (Å²) in [7, 11) is 0. The highest BCUT2D eigenvalue weighted by molar-refractivity contribution is 6.14. The minimum absolute atomic E-state index is 0.0296. The molecule has 1 aliphatic heterocycles. The number of fused-ring (bicyclic) bond motifs is 1. The Morgan fingerprint density at radius 2 is 1.70 bits per heavy atom. The van der Waals surface area contributed by atoms with Gasteiger partial charge >= 0.3 is 6.09 Å². The van der Waals surface area contributed by atoms with Crippen molar-refractivity contribution in [2.75, 3.05) is 22.9 Å². The molecule has 8 nitrogen and oxygen atoms in total. The first-order chi connectivity index (χ1) is 17.9. The molecule has 4 rings (SSSR count). The summed E-state index contributed by atoms with van der Waals surface area (Å²) in [5.41, 5.74) is 2.99. The summed E-state index contributed by atoms with van der Waals surface area (Å²) in [5, 5.41) is 2.52. The zero-order valence-electron chi connectivity index (χ0n) is 20.6. The maximum Gasteiger partial charge on any atom is 0.409 e. The lowest BCUT2D eigenvalue weighted by Gasteiger charge is -2.28. The van der Waals surface area contributed by atoms with Crippen LogP contribution in [0.4, 0.5) is 20.6 Å². The zero-order chi connectivity index (χ0) is 26.4. The molecule has 1 aliphatic rings. The molecule has 0 radical (unpaired) electrons. The number of carbonyl (C=O) groups excluding carboxylic acids is 3. The van der Waals surface area contributed by atoms with Gasteiger partial charge in [0, 0.05) is 23.5 Å². The van der Waals surface area contributed by atoms with Crippen LogP contribution in [-0.4, -0.2) is 42.9 Å². The van der Waals surface area contributed by atoms with Crippen LogP contribution in [0.15, 0.2) is 83.9 Å². The summed E-state index contributed by atoms with van der Waals surface area (Å²) < 4.78 is 18.7. The Kier molecular flexibility index (Phi) is 7.92. The molecule has 190 valence electrons. The van der Waals surface area contributed by atoms with E-state index in [0.29, 0.717) is 29.2 Å². The van der Waals surface area contributed by atoms with Crippen molar-refractivity contribution >= 4 is 35.0 Å². The molecular weight excluding hydrogens is 475 g/mol. The third kappa shape index (κ3) is 6.00. The van der Waals surface area contributed by atoms with Crippen molar-refractivity contribution in [3.05, 3.63) is 95.8 Å². The van der Waals surface area contributed by atoms with E-state index in [2.05, 4.69) is 10.3 Å². The van der Waals surface area contributed by atoms with Crippen LogP contribution in [0.1, 0.15) is 25.0 Å². The second-order valence-corrected chi connectivity index (χ2v) is 8.38. The molecule has 9 heteroatoms. The van der Waals surface area contributed by atoms with Gasteiger partial charge in [-0.1, -0.05) is 48.5 Å². The van der Waals surface area contributed by atoms with Gasteiger partial charge in [-0.15, -0.1) is 0 Å². The second-order valence-electron chi connectivity index (χ2n) is 8.38. The summed E-state index contributed by atoms with van der Waals surface area (Å²) in [6, 6.07) is 21.8. The van der Waals surface area contributed by atoms with E-state index in [1.54, 1.807) is 38.1 Å². The molecule has 0 spiro atoms. The summed E-state index contributed by atoms with van der Waals surface area (Å²) in [4.78, 5) is 46.7. The minimum Gasteiger partial charge on any atom is -0.445 e. The number of ether oxygens (including phenoxy) is 1. The number of anilines is 2. The Morgan fingerprint density at radius 3 is 2.41 bits per heavy atom. The average molecular weight is 503 g/mol. The van der Waals surface area contributed by atoms with Crippen LogP contribution in [0.25, 0.3) is 0 Å². The minimum atomic E-state index is -1.29. The van der Waals surface area contributed by atoms with E-state index in [-0.39, 0.29) is 19.1 Å². The Bertz CT molecular complexity index is 1310. The number of likely N-dealkylation sites (N-methyl/N-ethyl adjacent to an activating group) is 1. The molecule has 1 unspecified atom stereocenters. The maximum absolute atomic E-state index is 13.6. The normalized spacial score (nSPS) is 14.8. The fourth-order valence-electron chi connectivity index (χ4n) is 4.08. The number of nitrogens with zero attached hydrogens (tertiary/aromatic N) is 3. The number of hydrogen-bond donors (Lipinski definition) is 1. The molecule has 3 aromatic carbocycles. The first kappa shape index (κ1) is 25.6. The van der Waals surface area contributed by atoms with Gasteiger partial charge in [-0.05, 0) is 49.7 Å². The zero-order valence-corrected chi connectivity index (χ0v) is 20.6. The molecule has 37 heavy (non-hydrogen) atoms. The van der Waals surface area contributed by atoms with E-state index in [4.69, 9.17) is 4.74 Å². The molecule has 3 aromatic rings. The summed E-state index contributed by atoms with van der Waals surface area (Å²) >= 11 is 0. The number of carbonyl (C=O) groups is 3. The molecule has 3 amide bonds. The summed E-state index contributed by atoms with van der Waals surface area (Å²) in [5.74, 6) is -1.36. The number of amides is 3. The number of alkyl carbamates (subject to hydrolysis) is 1. The van der Waals surface area contributed by atoms with Crippen LogP contribution in [0.5, 0.6) is 0 Å². The van der Waals surface area contributed by atoms with Crippen molar-refractivity contribution in [3.63, 3.8) is 0 Å². The fraction of sp³-hybridized carbons (Fsp3) is 0.214. The standard InChI is InChI=1S/C28H27FN4O4/c1-3-32(22-15-13-21(29)14-16-22)25(34)17-33-24-12-8-7-11-23(24)19(2)30-26(27(33)35)31-28(36)37-18-20-9-5-4-6-10-20/h4-16,26H,3,17-18H2,1-2H3,(H,31,36). The molecule has 0 fully saturated rings. The van der Waals surface area contributed by atoms with E-state index in [9.17, 15) is 18.8 Å². The summed E-state index contributed by atoms with van der Waals surface area (Å²) in [6.45, 7) is 3.57. The van der Waals surface area contributed by atoms with Gasteiger partial charge in [-0.3, -0.25) is 24.8 Å². The van der Waals surface area contributed by atoms with Gasteiger partial charge in [-0.2, -0.15) is 0 Å². The molecule has 1 heterocycles. The van der Waals surface area contributed by atoms with Crippen LogP contribution in [-0.2, 0) is 20.9 Å². The smallest absolute Gasteiger partial charge is 0.409 e. The molecule has 1 atom stereocenters. The SMILES string of the molecule is CCN(C(=O)CN1C(=O)C(NC(=O)OCc2ccccc2)N=C(C)c2ccccc21)c1ccc(F)cc1. The van der Waals surface area contributed by atoms with Gasteiger partial charge < -0.3 is 9.64 Å². The third-order valence-corrected chi connectivity index (χ3v) is 5.92. The van der Waals surface area contributed by atoms with Gasteiger partial charge in [0.2, 0.25) is 12.1 Å². The fourth-order valence-corrected chi connectivity index (χ4v) is 4.08. The molecule has 0 saturated heterocycles. The van der Waals surface area contributed by atoms with Crippen molar-refractivity contribution in [1.82, 2.24) is 5.32 Å². The molecular formula is C28H27FN4O4. The predicted octanol–water partition coefficient (Wildman–Crippen LogP) is 4.29. The van der Waals surface area contributed by atoms with Crippen LogP contribution in [0.2, 0.25) is 0 Å². The lowest BCUT2D eigenvalue weighted by atomic mass is 10.1. The first-order valence-corrected chi connectivity index (χ1v) is 11.9. The monoisotopic (exact) mass is 502 g/mol. The average Bonchev–Trinajstić information content (AvgIpc) is 3.00. The number of benzodiazepines with no additional fused rings is 1. The van der Waals surface area contributed by atoms with Gasteiger partial charge in [0.25, 0.3) is 5.91 Å². The highest BCUT2D eigenvalue weighted by Crippen LogP contribution is 2.26. The number of nitrogens with one attached hydrogen (secondary N) is 1. The Balaban J connectivity index is 1.56. The quantitative estimate of drug-likeness (QED) is 0.522. The number of aliphatic imine (C=N–C) groups is 1. The van der Waals surface area contributed by atoms with E-state index in [1.165, 1.54) is 34.1 Å². The molecule has 0 aliphatic carbocycles. The van der Waals surface area contributed by atoms with Gasteiger partial charge in [0.1, 0.15) is 19.0 Å². The van der Waals surface area contributed by atoms with Crippen molar-refractivity contribution in [3.8, 4) is 0 Å². The van der Waals surface area contributed by atoms with Crippen LogP contribution >= 0.6 is 0 Å². The van der Waals surface area contributed by atoms with E-state index >= 15 is 0 Å². The largest absolute Gasteiger partial charge is 0.445 e. The molecule has 1 N–H and O–H groups in total. The maximum atomic E-state index is 13.6. The van der Waals surface area contributed by atoms with E-state index in [0.717, 1.165) is 5.56 Å². The highest BCUT2D eigenvalue weighted by Gasteiger charge is 2.34. The third-order valence-electron chi connectivity index (χ3n) is 5.92. The number of hydrogen-bond acceptors (Lipinski definition) is 5.